The molecule has 0 bridgehead atoms. The minimum absolute atomic E-state index is 0.0304. The van der Waals surface area contributed by atoms with Gasteiger partial charge in [-0.3, -0.25) is 14.4 Å². The number of carbonyl (C=O) groups is 3. The quantitative estimate of drug-likeness (QED) is 0.0954. The van der Waals surface area contributed by atoms with Gasteiger partial charge < -0.3 is 29.7 Å². The number of likely N-dealkylation sites (N-methyl/N-ethyl adjacent to an activating group) is 1. The Kier molecular flexibility index (Phi) is 12.5. The lowest BCUT2D eigenvalue weighted by Gasteiger charge is -2.53. The van der Waals surface area contributed by atoms with Crippen molar-refractivity contribution in [1.82, 2.24) is 4.90 Å². The van der Waals surface area contributed by atoms with Crippen LogP contribution in [0.5, 0.6) is 0 Å². The number of rotatable bonds is 18. The molecule has 9 nitrogen and oxygen atoms in total. The van der Waals surface area contributed by atoms with Gasteiger partial charge in [-0.2, -0.15) is 0 Å². The molecular formula is C39H63NO8. The van der Waals surface area contributed by atoms with Gasteiger partial charge in [-0.15, -0.1) is 0 Å². The van der Waals surface area contributed by atoms with E-state index in [9.17, 15) is 29.7 Å². The largest absolute Gasteiger partial charge is 0.458 e. The molecule has 0 heterocycles. The molecule has 3 N–H and O–H groups in total. The Morgan fingerprint density at radius 1 is 0.979 bits per heavy atom. The Hall–Kier alpha value is -2.07. The van der Waals surface area contributed by atoms with Gasteiger partial charge in [-0.1, -0.05) is 110 Å². The molecule has 2 saturated carbocycles. The van der Waals surface area contributed by atoms with Crippen LogP contribution in [0, 0.1) is 29.1 Å². The van der Waals surface area contributed by atoms with E-state index in [0.29, 0.717) is 25.1 Å². The van der Waals surface area contributed by atoms with Crippen LogP contribution in [0.25, 0.3) is 0 Å². The maximum Gasteiger partial charge on any atom is 0.306 e. The molecule has 0 saturated heterocycles. The number of ketones is 1. The number of unbranched alkanes of at least 4 members (excludes halogenated alkanes) is 10. The van der Waals surface area contributed by atoms with E-state index in [2.05, 4.69) is 6.92 Å². The van der Waals surface area contributed by atoms with Crippen molar-refractivity contribution in [3.05, 3.63) is 23.3 Å². The van der Waals surface area contributed by atoms with E-state index in [0.717, 1.165) is 24.8 Å². The van der Waals surface area contributed by atoms with Crippen molar-refractivity contribution in [3.63, 3.8) is 0 Å². The number of ether oxygens (including phenoxy) is 2. The molecule has 4 rings (SSSR count). The van der Waals surface area contributed by atoms with Gasteiger partial charge in [0.2, 0.25) is 0 Å². The van der Waals surface area contributed by atoms with Crippen molar-refractivity contribution in [3.8, 4) is 0 Å². The minimum atomic E-state index is -1.88. The number of esters is 2. The lowest BCUT2D eigenvalue weighted by molar-refractivity contribution is -0.228. The van der Waals surface area contributed by atoms with E-state index >= 15 is 0 Å². The summed E-state index contributed by atoms with van der Waals surface area (Å²) in [6.07, 6.45) is 15.8. The number of aliphatic hydroxyl groups is 3. The van der Waals surface area contributed by atoms with Gasteiger partial charge in [0.15, 0.2) is 11.4 Å². The number of hydrogen-bond donors (Lipinski definition) is 3. The number of aliphatic hydroxyl groups excluding tert-OH is 1. The Morgan fingerprint density at radius 3 is 2.12 bits per heavy atom. The molecule has 48 heavy (non-hydrogen) atoms. The Bertz CT molecular complexity index is 1240. The third kappa shape index (κ3) is 7.08. The third-order valence-corrected chi connectivity index (χ3v) is 12.3. The number of fused-ring (bicyclic) bond motifs is 5. The molecule has 0 aromatic rings. The van der Waals surface area contributed by atoms with E-state index in [1.165, 1.54) is 51.9 Å². The molecule has 0 unspecified atom stereocenters. The van der Waals surface area contributed by atoms with Crippen molar-refractivity contribution in [2.24, 2.45) is 29.1 Å². The van der Waals surface area contributed by atoms with Crippen LogP contribution in [0.4, 0.5) is 0 Å². The van der Waals surface area contributed by atoms with E-state index in [-0.39, 0.29) is 19.4 Å². The summed E-state index contributed by atoms with van der Waals surface area (Å²) in [5.74, 6) is -4.06. The first-order chi connectivity index (χ1) is 22.6. The summed E-state index contributed by atoms with van der Waals surface area (Å²) in [7, 11) is 1.86. The zero-order valence-corrected chi connectivity index (χ0v) is 30.7. The first-order valence-electron chi connectivity index (χ1n) is 18.7. The van der Waals surface area contributed by atoms with Crippen LogP contribution < -0.4 is 0 Å². The van der Waals surface area contributed by atoms with Crippen molar-refractivity contribution in [1.29, 1.82) is 0 Å². The highest BCUT2D eigenvalue weighted by atomic mass is 16.6. The van der Waals surface area contributed by atoms with Gasteiger partial charge >= 0.3 is 11.9 Å². The fraction of sp³-hybridized carbons (Fsp3) is 0.821. The van der Waals surface area contributed by atoms with Crippen molar-refractivity contribution < 1.29 is 39.2 Å². The zero-order valence-electron chi connectivity index (χ0n) is 30.7. The van der Waals surface area contributed by atoms with Gasteiger partial charge in [0.05, 0.1) is 12.2 Å². The molecule has 0 aliphatic heterocycles. The van der Waals surface area contributed by atoms with Crippen molar-refractivity contribution >= 4 is 17.7 Å². The molecule has 4 aliphatic rings. The summed E-state index contributed by atoms with van der Waals surface area (Å²) in [6.45, 7) is 11.7. The summed E-state index contributed by atoms with van der Waals surface area (Å²) in [6, 6.07) is 0. The van der Waals surface area contributed by atoms with Crippen LogP contribution in [0.15, 0.2) is 23.3 Å². The highest BCUT2D eigenvalue weighted by Gasteiger charge is 2.87. The van der Waals surface area contributed by atoms with Crippen LogP contribution in [-0.4, -0.2) is 87.6 Å². The van der Waals surface area contributed by atoms with Gasteiger partial charge in [-0.25, -0.2) is 0 Å². The monoisotopic (exact) mass is 673 g/mol. The number of hydrogen-bond acceptors (Lipinski definition) is 9. The fourth-order valence-corrected chi connectivity index (χ4v) is 9.79. The van der Waals surface area contributed by atoms with Crippen LogP contribution in [-0.2, 0) is 23.9 Å². The van der Waals surface area contributed by atoms with Crippen LogP contribution in [0.2, 0.25) is 0 Å². The Morgan fingerprint density at radius 2 is 1.56 bits per heavy atom. The summed E-state index contributed by atoms with van der Waals surface area (Å²) < 4.78 is 12.5. The number of Topliss-reactive ketones (excluding diaryl/α,β-unsaturated/α-hetero) is 1. The first kappa shape index (κ1) is 38.7. The van der Waals surface area contributed by atoms with Gasteiger partial charge in [0, 0.05) is 61.9 Å². The predicted molar refractivity (Wildman–Crippen MR) is 185 cm³/mol. The van der Waals surface area contributed by atoms with Gasteiger partial charge in [0.1, 0.15) is 11.7 Å². The average molecular weight is 674 g/mol. The lowest BCUT2D eigenvalue weighted by atomic mass is 9.59. The number of nitrogens with zero attached hydrogens (tertiary/aromatic N) is 1. The van der Waals surface area contributed by atoms with Crippen LogP contribution in [0.3, 0.4) is 0 Å². The normalized spacial score (nSPS) is 34.8. The molecule has 9 heteroatoms. The van der Waals surface area contributed by atoms with Crippen molar-refractivity contribution in [2.45, 2.75) is 148 Å². The van der Waals surface area contributed by atoms with Gasteiger partial charge in [-0.05, 0) is 26.0 Å². The standard InChI is InChI=1S/C39H63NO8/c1-8-9-10-11-12-13-14-15-16-17-18-19-32(43)47-35-27(3)38(46)30(33-36(5,6)39(33,35)48-28(4)42)23-29(25-40(7)20-21-41)24-37(45)31(38)22-26(2)34(37)44/h22-23,27,30-31,33,35,41,45-46H,8-21,24-25H2,1-7H3/t27-,30+,31-,33-,35-,37-,38-,39-/m1/s1. The topological polar surface area (TPSA) is 134 Å². The van der Waals surface area contributed by atoms with E-state index in [1.54, 1.807) is 19.9 Å². The minimum Gasteiger partial charge on any atom is -0.458 e. The zero-order chi connectivity index (χ0) is 35.5. The SMILES string of the molecule is CCCCCCCCCCCCCC(=O)O[C@@H]1[C@@H](C)[C@@]2(O)[C@@H](C=C(CN(C)CCO)C[C@]3(O)C(=O)C(C)=C[C@@H]23)[C@@H]2C(C)(C)[C@]12OC(C)=O. The third-order valence-electron chi connectivity index (χ3n) is 12.3. The Labute approximate surface area is 288 Å². The molecule has 0 spiro atoms. The molecule has 2 fully saturated rings. The molecule has 0 amide bonds. The average Bonchev–Trinajstić information content (AvgIpc) is 3.43. The van der Waals surface area contributed by atoms with E-state index in [4.69, 9.17) is 9.47 Å². The van der Waals surface area contributed by atoms with E-state index < -0.39 is 69.7 Å². The Balaban J connectivity index is 1.56. The second-order valence-corrected chi connectivity index (χ2v) is 16.0. The summed E-state index contributed by atoms with van der Waals surface area (Å²) in [4.78, 5) is 41.7. The molecule has 0 aromatic heterocycles. The fourth-order valence-electron chi connectivity index (χ4n) is 9.79. The molecule has 0 radical (unpaired) electrons. The first-order valence-corrected chi connectivity index (χ1v) is 18.7. The highest BCUT2D eigenvalue weighted by molar-refractivity contribution is 6.04. The summed E-state index contributed by atoms with van der Waals surface area (Å²) in [5.41, 5.74) is -4.24. The highest BCUT2D eigenvalue weighted by Crippen LogP contribution is 2.77. The smallest absolute Gasteiger partial charge is 0.306 e. The lowest BCUT2D eigenvalue weighted by Crippen LogP contribution is -2.66. The van der Waals surface area contributed by atoms with Crippen molar-refractivity contribution in [2.75, 3.05) is 26.7 Å². The molecule has 272 valence electrons. The molecule has 4 aliphatic carbocycles. The molecule has 8 atom stereocenters. The second kappa shape index (κ2) is 15.4. The van der Waals surface area contributed by atoms with Gasteiger partial charge in [0.25, 0.3) is 0 Å². The molecule has 0 aromatic carbocycles. The predicted octanol–water partition coefficient (Wildman–Crippen LogP) is 5.68. The maximum atomic E-state index is 13.6. The second-order valence-electron chi connectivity index (χ2n) is 16.0. The summed E-state index contributed by atoms with van der Waals surface area (Å²) >= 11 is 0. The maximum absolute atomic E-state index is 13.6. The number of carbonyl (C=O) groups excluding carboxylic acids is 3. The van der Waals surface area contributed by atoms with Crippen LogP contribution >= 0.6 is 0 Å². The molecular weight excluding hydrogens is 610 g/mol. The summed E-state index contributed by atoms with van der Waals surface area (Å²) in [5, 5.41) is 34.7. The van der Waals surface area contributed by atoms with Crippen LogP contribution in [0.1, 0.15) is 125 Å². The van der Waals surface area contributed by atoms with E-state index in [1.807, 2.05) is 31.9 Å².